The molecule has 1 atom stereocenters. The summed E-state index contributed by atoms with van der Waals surface area (Å²) in [4.78, 5) is 14.8. The number of ether oxygens (including phenoxy) is 2. The van der Waals surface area contributed by atoms with E-state index in [1.807, 2.05) is 0 Å². The van der Waals surface area contributed by atoms with Crippen LogP contribution in [0.1, 0.15) is 32.1 Å². The summed E-state index contributed by atoms with van der Waals surface area (Å²) in [5.41, 5.74) is 0.0361. The van der Waals surface area contributed by atoms with E-state index in [9.17, 15) is 4.79 Å². The molecule has 2 aliphatic heterocycles. The minimum atomic E-state index is -0.384. The quantitative estimate of drug-likeness (QED) is 0.754. The van der Waals surface area contributed by atoms with Crippen molar-refractivity contribution in [2.75, 3.05) is 39.5 Å². The van der Waals surface area contributed by atoms with Crippen LogP contribution in [0.5, 0.6) is 0 Å². The Labute approximate surface area is 114 Å². The maximum absolute atomic E-state index is 12.7. The number of carbonyl (C=O) groups is 1. The smallest absolute Gasteiger partial charge is 0.254 e. The highest BCUT2D eigenvalue weighted by molar-refractivity contribution is 5.82. The first kappa shape index (κ1) is 13.3. The monoisotopic (exact) mass is 268 g/mol. The Morgan fingerprint density at radius 1 is 1.21 bits per heavy atom. The zero-order chi connectivity index (χ0) is 13.1. The SMILES string of the molecule is O=C(C1COCCO1)N1CCNCC12CCCCC2. The molecule has 3 fully saturated rings. The van der Waals surface area contributed by atoms with Crippen LogP contribution in [0.2, 0.25) is 0 Å². The van der Waals surface area contributed by atoms with Crippen LogP contribution in [0.15, 0.2) is 0 Å². The number of hydrogen-bond donors (Lipinski definition) is 1. The fourth-order valence-corrected chi connectivity index (χ4v) is 3.65. The molecule has 0 aromatic heterocycles. The summed E-state index contributed by atoms with van der Waals surface area (Å²) in [7, 11) is 0. The van der Waals surface area contributed by atoms with Crippen molar-refractivity contribution >= 4 is 5.91 Å². The lowest BCUT2D eigenvalue weighted by Gasteiger charge is -2.50. The molecule has 19 heavy (non-hydrogen) atoms. The molecule has 1 spiro atoms. The highest BCUT2D eigenvalue weighted by atomic mass is 16.6. The second-order valence-corrected chi connectivity index (χ2v) is 5.89. The van der Waals surface area contributed by atoms with Crippen molar-refractivity contribution in [3.8, 4) is 0 Å². The highest BCUT2D eigenvalue weighted by Gasteiger charge is 2.44. The van der Waals surface area contributed by atoms with E-state index in [1.165, 1.54) is 19.3 Å². The average Bonchev–Trinajstić information content (AvgIpc) is 2.49. The predicted molar refractivity (Wildman–Crippen MR) is 71.0 cm³/mol. The van der Waals surface area contributed by atoms with E-state index in [4.69, 9.17) is 9.47 Å². The van der Waals surface area contributed by atoms with E-state index < -0.39 is 0 Å². The van der Waals surface area contributed by atoms with Crippen LogP contribution in [0.3, 0.4) is 0 Å². The van der Waals surface area contributed by atoms with Crippen molar-refractivity contribution in [3.05, 3.63) is 0 Å². The Balaban J connectivity index is 1.73. The molecule has 0 bridgehead atoms. The maximum atomic E-state index is 12.7. The van der Waals surface area contributed by atoms with Gasteiger partial charge in [-0.05, 0) is 12.8 Å². The number of piperazine rings is 1. The third kappa shape index (κ3) is 2.64. The molecular weight excluding hydrogens is 244 g/mol. The number of nitrogens with zero attached hydrogens (tertiary/aromatic N) is 1. The summed E-state index contributed by atoms with van der Waals surface area (Å²) in [6.45, 7) is 4.19. The van der Waals surface area contributed by atoms with Gasteiger partial charge < -0.3 is 19.7 Å². The van der Waals surface area contributed by atoms with Crippen LogP contribution in [0, 0.1) is 0 Å². The van der Waals surface area contributed by atoms with Gasteiger partial charge in [0.15, 0.2) is 6.10 Å². The Hall–Kier alpha value is -0.650. The Kier molecular flexibility index (Phi) is 4.05. The molecule has 0 aromatic rings. The van der Waals surface area contributed by atoms with Gasteiger partial charge in [-0.25, -0.2) is 0 Å². The van der Waals surface area contributed by atoms with Gasteiger partial charge in [0.05, 0.1) is 25.4 Å². The summed E-state index contributed by atoms with van der Waals surface area (Å²) < 4.78 is 11.0. The van der Waals surface area contributed by atoms with Crippen LogP contribution < -0.4 is 5.32 Å². The normalized spacial score (nSPS) is 31.4. The lowest BCUT2D eigenvalue weighted by atomic mass is 9.78. The number of hydrogen-bond acceptors (Lipinski definition) is 4. The topological polar surface area (TPSA) is 50.8 Å². The van der Waals surface area contributed by atoms with E-state index in [2.05, 4.69) is 10.2 Å². The molecule has 3 rings (SSSR count). The molecular formula is C14H24N2O3. The van der Waals surface area contributed by atoms with Gasteiger partial charge in [-0.2, -0.15) is 0 Å². The van der Waals surface area contributed by atoms with Crippen LogP contribution >= 0.6 is 0 Å². The number of amides is 1. The zero-order valence-corrected chi connectivity index (χ0v) is 11.5. The Morgan fingerprint density at radius 2 is 2.05 bits per heavy atom. The summed E-state index contributed by atoms with van der Waals surface area (Å²) in [6, 6.07) is 0. The van der Waals surface area contributed by atoms with Crippen LogP contribution in [-0.4, -0.2) is 61.9 Å². The summed E-state index contributed by atoms with van der Waals surface area (Å²) >= 11 is 0. The maximum Gasteiger partial charge on any atom is 0.254 e. The fraction of sp³-hybridized carbons (Fsp3) is 0.929. The average molecular weight is 268 g/mol. The van der Waals surface area contributed by atoms with E-state index in [0.29, 0.717) is 19.8 Å². The van der Waals surface area contributed by atoms with Crippen LogP contribution in [-0.2, 0) is 14.3 Å². The molecule has 1 unspecified atom stereocenters. The summed E-state index contributed by atoms with van der Waals surface area (Å²) in [5.74, 6) is 0.142. The molecule has 108 valence electrons. The third-order valence-corrected chi connectivity index (χ3v) is 4.68. The second-order valence-electron chi connectivity index (χ2n) is 5.89. The predicted octanol–water partition coefficient (Wildman–Crippen LogP) is 0.537. The first-order valence-corrected chi connectivity index (χ1v) is 7.53. The van der Waals surface area contributed by atoms with Crippen molar-refractivity contribution in [3.63, 3.8) is 0 Å². The van der Waals surface area contributed by atoms with Crippen molar-refractivity contribution in [1.29, 1.82) is 0 Å². The molecule has 0 aromatic carbocycles. The summed E-state index contributed by atoms with van der Waals surface area (Å²) in [5, 5.41) is 3.47. The van der Waals surface area contributed by atoms with E-state index in [-0.39, 0.29) is 17.6 Å². The first-order chi connectivity index (χ1) is 9.32. The molecule has 3 aliphatic rings. The van der Waals surface area contributed by atoms with Gasteiger partial charge in [-0.15, -0.1) is 0 Å². The van der Waals surface area contributed by atoms with E-state index in [0.717, 1.165) is 32.5 Å². The zero-order valence-electron chi connectivity index (χ0n) is 11.5. The molecule has 5 nitrogen and oxygen atoms in total. The van der Waals surface area contributed by atoms with Crippen molar-refractivity contribution in [2.24, 2.45) is 0 Å². The molecule has 1 saturated carbocycles. The van der Waals surface area contributed by atoms with Gasteiger partial charge in [-0.3, -0.25) is 4.79 Å². The second kappa shape index (κ2) is 5.77. The van der Waals surface area contributed by atoms with Gasteiger partial charge in [0.2, 0.25) is 0 Å². The number of carbonyl (C=O) groups excluding carboxylic acids is 1. The molecule has 2 saturated heterocycles. The third-order valence-electron chi connectivity index (χ3n) is 4.68. The molecule has 2 heterocycles. The molecule has 1 aliphatic carbocycles. The van der Waals surface area contributed by atoms with Crippen molar-refractivity contribution in [2.45, 2.75) is 43.7 Å². The highest BCUT2D eigenvalue weighted by Crippen LogP contribution is 2.35. The minimum absolute atomic E-state index is 0.0361. The van der Waals surface area contributed by atoms with Crippen LogP contribution in [0.25, 0.3) is 0 Å². The van der Waals surface area contributed by atoms with E-state index >= 15 is 0 Å². The van der Waals surface area contributed by atoms with Gasteiger partial charge in [0.1, 0.15) is 0 Å². The lowest BCUT2D eigenvalue weighted by molar-refractivity contribution is -0.166. The molecule has 5 heteroatoms. The number of rotatable bonds is 1. The van der Waals surface area contributed by atoms with Gasteiger partial charge in [-0.1, -0.05) is 19.3 Å². The molecule has 1 amide bonds. The molecule has 0 radical (unpaired) electrons. The molecule has 1 N–H and O–H groups in total. The van der Waals surface area contributed by atoms with Crippen LogP contribution in [0.4, 0.5) is 0 Å². The van der Waals surface area contributed by atoms with Gasteiger partial charge >= 0.3 is 0 Å². The van der Waals surface area contributed by atoms with Gasteiger partial charge in [0, 0.05) is 19.6 Å². The largest absolute Gasteiger partial charge is 0.376 e. The van der Waals surface area contributed by atoms with Crippen molar-refractivity contribution < 1.29 is 14.3 Å². The Bertz CT molecular complexity index is 314. The minimum Gasteiger partial charge on any atom is -0.376 e. The Morgan fingerprint density at radius 3 is 2.79 bits per heavy atom. The first-order valence-electron chi connectivity index (χ1n) is 7.53. The lowest BCUT2D eigenvalue weighted by Crippen LogP contribution is -2.66. The van der Waals surface area contributed by atoms with Crippen molar-refractivity contribution in [1.82, 2.24) is 10.2 Å². The van der Waals surface area contributed by atoms with E-state index in [1.54, 1.807) is 0 Å². The standard InChI is InChI=1S/C14H24N2O3/c17-13(12-10-18-8-9-19-12)16-7-6-15-11-14(16)4-2-1-3-5-14/h12,15H,1-11H2. The number of nitrogens with one attached hydrogen (secondary N) is 1. The fourth-order valence-electron chi connectivity index (χ4n) is 3.65. The summed E-state index contributed by atoms with van der Waals surface area (Å²) in [6.07, 6.45) is 5.62. The van der Waals surface area contributed by atoms with Gasteiger partial charge in [0.25, 0.3) is 5.91 Å².